The highest BCUT2D eigenvalue weighted by atomic mass is 16.2. The van der Waals surface area contributed by atoms with Crippen molar-refractivity contribution in [2.45, 2.75) is 33.6 Å². The summed E-state index contributed by atoms with van der Waals surface area (Å²) in [6.45, 7) is 7.92. The van der Waals surface area contributed by atoms with Crippen LogP contribution in [0.4, 0.5) is 17.1 Å². The second-order valence-electron chi connectivity index (χ2n) is 7.71. The van der Waals surface area contributed by atoms with Crippen LogP contribution in [0.2, 0.25) is 0 Å². The average Bonchev–Trinajstić information content (AvgIpc) is 2.68. The second-order valence-corrected chi connectivity index (χ2v) is 7.71. The first-order valence-corrected chi connectivity index (χ1v) is 9.92. The zero-order chi connectivity index (χ0) is 20.1. The van der Waals surface area contributed by atoms with Crippen molar-refractivity contribution in [3.05, 3.63) is 54.1 Å². The van der Waals surface area contributed by atoms with Gasteiger partial charge in [0.1, 0.15) is 6.54 Å². The summed E-state index contributed by atoms with van der Waals surface area (Å²) < 4.78 is 0. The normalized spacial score (nSPS) is 14.6. The van der Waals surface area contributed by atoms with Gasteiger partial charge in [-0.25, -0.2) is 0 Å². The molecule has 28 heavy (non-hydrogen) atoms. The van der Waals surface area contributed by atoms with Gasteiger partial charge in [0.15, 0.2) is 0 Å². The molecule has 1 N–H and O–H groups in total. The summed E-state index contributed by atoms with van der Waals surface area (Å²) in [7, 11) is 0. The van der Waals surface area contributed by atoms with Crippen molar-refractivity contribution in [2.75, 3.05) is 34.8 Å². The third-order valence-corrected chi connectivity index (χ3v) is 5.33. The lowest BCUT2D eigenvalue weighted by atomic mass is 9.99. The van der Waals surface area contributed by atoms with Gasteiger partial charge < -0.3 is 15.1 Å². The third-order valence-electron chi connectivity index (χ3n) is 5.33. The molecule has 1 aliphatic heterocycles. The maximum Gasteiger partial charge on any atom is 0.244 e. The van der Waals surface area contributed by atoms with Gasteiger partial charge in [0.05, 0.1) is 0 Å². The fourth-order valence-electron chi connectivity index (χ4n) is 3.48. The van der Waals surface area contributed by atoms with Gasteiger partial charge in [0, 0.05) is 37.1 Å². The van der Waals surface area contributed by atoms with E-state index in [0.29, 0.717) is 0 Å². The number of rotatable bonds is 5. The molecule has 148 valence electrons. The first-order chi connectivity index (χ1) is 13.4. The maximum absolute atomic E-state index is 12.5. The molecule has 2 aromatic carbocycles. The molecule has 0 spiro atoms. The average molecular weight is 380 g/mol. The molecule has 0 radical (unpaired) electrons. The molecular weight excluding hydrogens is 350 g/mol. The van der Waals surface area contributed by atoms with E-state index in [1.807, 2.05) is 55.5 Å². The fraction of sp³-hybridized carbons (Fsp3) is 0.391. The van der Waals surface area contributed by atoms with E-state index in [1.54, 1.807) is 0 Å². The summed E-state index contributed by atoms with van der Waals surface area (Å²) in [5.41, 5.74) is 3.77. The number of nitrogens with one attached hydrogen (secondary N) is 1. The van der Waals surface area contributed by atoms with Crippen LogP contribution in [0.5, 0.6) is 0 Å². The molecule has 0 aliphatic carbocycles. The molecule has 2 aromatic rings. The highest BCUT2D eigenvalue weighted by Crippen LogP contribution is 2.24. The maximum atomic E-state index is 12.5. The van der Waals surface area contributed by atoms with Crippen molar-refractivity contribution in [1.82, 2.24) is 0 Å². The molecule has 1 saturated heterocycles. The van der Waals surface area contributed by atoms with Crippen LogP contribution in [0.25, 0.3) is 0 Å². The molecule has 5 heteroatoms. The Kier molecular flexibility index (Phi) is 6.34. The Balaban J connectivity index is 1.60. The van der Waals surface area contributed by atoms with Gasteiger partial charge in [-0.2, -0.15) is 0 Å². The number of carbonyl (C=O) groups is 2. The SMILES string of the molecule is CC(=O)N(CC(=O)Nc1ccc(N2CCC(C)CC2)cc1)c1ccc(C)cc1. The third kappa shape index (κ3) is 5.12. The van der Waals surface area contributed by atoms with Crippen molar-refractivity contribution < 1.29 is 9.59 Å². The summed E-state index contributed by atoms with van der Waals surface area (Å²) in [5.74, 6) is 0.427. The van der Waals surface area contributed by atoms with E-state index in [4.69, 9.17) is 0 Å². The number of piperidine rings is 1. The molecule has 0 atom stereocenters. The van der Waals surface area contributed by atoms with Crippen LogP contribution in [-0.2, 0) is 9.59 Å². The zero-order valence-corrected chi connectivity index (χ0v) is 16.9. The molecule has 0 saturated carbocycles. The van der Waals surface area contributed by atoms with Gasteiger partial charge in [-0.15, -0.1) is 0 Å². The number of carbonyl (C=O) groups excluding carboxylic acids is 2. The number of benzene rings is 2. The molecule has 3 rings (SSSR count). The van der Waals surface area contributed by atoms with Gasteiger partial charge in [0.25, 0.3) is 0 Å². The molecule has 5 nitrogen and oxygen atoms in total. The van der Waals surface area contributed by atoms with Crippen LogP contribution in [-0.4, -0.2) is 31.4 Å². The van der Waals surface area contributed by atoms with Crippen LogP contribution in [0, 0.1) is 12.8 Å². The molecule has 2 amide bonds. The smallest absolute Gasteiger partial charge is 0.244 e. The van der Waals surface area contributed by atoms with Gasteiger partial charge in [-0.05, 0) is 62.1 Å². The Hall–Kier alpha value is -2.82. The van der Waals surface area contributed by atoms with E-state index in [-0.39, 0.29) is 18.4 Å². The number of anilines is 3. The van der Waals surface area contributed by atoms with Gasteiger partial charge >= 0.3 is 0 Å². The van der Waals surface area contributed by atoms with Crippen LogP contribution in [0.3, 0.4) is 0 Å². The number of amides is 2. The number of hydrogen-bond acceptors (Lipinski definition) is 3. The summed E-state index contributed by atoms with van der Waals surface area (Å²) in [6, 6.07) is 15.5. The monoisotopic (exact) mass is 379 g/mol. The van der Waals surface area contributed by atoms with Crippen molar-refractivity contribution in [3.63, 3.8) is 0 Å². The lowest BCUT2D eigenvalue weighted by Crippen LogP contribution is -2.36. The Morgan fingerprint density at radius 1 is 1.04 bits per heavy atom. The van der Waals surface area contributed by atoms with E-state index in [1.165, 1.54) is 30.4 Å². The summed E-state index contributed by atoms with van der Waals surface area (Å²) in [4.78, 5) is 28.3. The zero-order valence-electron chi connectivity index (χ0n) is 16.9. The molecule has 1 heterocycles. The Morgan fingerprint density at radius 2 is 1.64 bits per heavy atom. The van der Waals surface area contributed by atoms with E-state index >= 15 is 0 Å². The molecule has 0 unspecified atom stereocenters. The number of nitrogens with zero attached hydrogens (tertiary/aromatic N) is 2. The standard InChI is InChI=1S/C23H29N3O2/c1-17-4-8-22(9-5-17)26(19(3)27)16-23(28)24-20-6-10-21(11-7-20)25-14-12-18(2)13-15-25/h4-11,18H,12-16H2,1-3H3,(H,24,28). The summed E-state index contributed by atoms with van der Waals surface area (Å²) >= 11 is 0. The van der Waals surface area contributed by atoms with Crippen molar-refractivity contribution in [2.24, 2.45) is 5.92 Å². The second kappa shape index (κ2) is 8.91. The molecule has 1 aliphatic rings. The highest BCUT2D eigenvalue weighted by molar-refractivity contribution is 6.01. The van der Waals surface area contributed by atoms with Crippen molar-refractivity contribution >= 4 is 28.9 Å². The number of hydrogen-bond donors (Lipinski definition) is 1. The summed E-state index contributed by atoms with van der Waals surface area (Å²) in [5, 5.41) is 2.89. The Bertz CT molecular complexity index is 807. The fourth-order valence-corrected chi connectivity index (χ4v) is 3.48. The minimum atomic E-state index is -0.213. The van der Waals surface area contributed by atoms with E-state index < -0.39 is 0 Å². The van der Waals surface area contributed by atoms with Gasteiger partial charge in [0.2, 0.25) is 11.8 Å². The predicted molar refractivity (Wildman–Crippen MR) is 115 cm³/mol. The molecule has 0 bridgehead atoms. The largest absolute Gasteiger partial charge is 0.372 e. The first-order valence-electron chi connectivity index (χ1n) is 9.92. The first kappa shape index (κ1) is 19.9. The minimum absolute atomic E-state index is 0.00976. The highest BCUT2D eigenvalue weighted by Gasteiger charge is 2.17. The van der Waals surface area contributed by atoms with Crippen LogP contribution in [0.15, 0.2) is 48.5 Å². The van der Waals surface area contributed by atoms with Gasteiger partial charge in [-0.1, -0.05) is 24.6 Å². The molecular formula is C23H29N3O2. The summed E-state index contributed by atoms with van der Waals surface area (Å²) in [6.07, 6.45) is 2.44. The van der Waals surface area contributed by atoms with Gasteiger partial charge in [-0.3, -0.25) is 9.59 Å². The minimum Gasteiger partial charge on any atom is -0.372 e. The lowest BCUT2D eigenvalue weighted by Gasteiger charge is -2.32. The van der Waals surface area contributed by atoms with Crippen molar-refractivity contribution in [3.8, 4) is 0 Å². The van der Waals surface area contributed by atoms with Crippen LogP contribution in [0.1, 0.15) is 32.3 Å². The number of aryl methyl sites for hydroxylation is 1. The van der Waals surface area contributed by atoms with Crippen LogP contribution >= 0.6 is 0 Å². The Labute approximate surface area is 167 Å². The predicted octanol–water partition coefficient (Wildman–Crippen LogP) is 4.22. The van der Waals surface area contributed by atoms with E-state index in [9.17, 15) is 9.59 Å². The van der Waals surface area contributed by atoms with E-state index in [0.717, 1.165) is 35.9 Å². The quantitative estimate of drug-likeness (QED) is 0.846. The topological polar surface area (TPSA) is 52.7 Å². The van der Waals surface area contributed by atoms with Crippen molar-refractivity contribution in [1.29, 1.82) is 0 Å². The molecule has 1 fully saturated rings. The van der Waals surface area contributed by atoms with Crippen LogP contribution < -0.4 is 15.1 Å². The Morgan fingerprint density at radius 3 is 2.21 bits per heavy atom. The van der Waals surface area contributed by atoms with E-state index in [2.05, 4.69) is 17.1 Å². The lowest BCUT2D eigenvalue weighted by molar-refractivity contribution is -0.120. The molecule has 0 aromatic heterocycles.